The lowest BCUT2D eigenvalue weighted by Crippen LogP contribution is -2.00. The fourth-order valence-corrected chi connectivity index (χ4v) is 2.72. The third-order valence-electron chi connectivity index (χ3n) is 1.20. The van der Waals surface area contributed by atoms with E-state index >= 15 is 0 Å². The van der Waals surface area contributed by atoms with Crippen LogP contribution in [0, 0.1) is 3.57 Å². The van der Waals surface area contributed by atoms with Crippen molar-refractivity contribution in [3.8, 4) is 5.75 Å². The second kappa shape index (κ2) is 3.19. The second-order valence-electron chi connectivity index (χ2n) is 2.06. The molecular formula is C6H5IO4S. The van der Waals surface area contributed by atoms with E-state index in [9.17, 15) is 8.42 Å². The maximum absolute atomic E-state index is 10.7. The molecule has 1 aromatic rings. The largest absolute Gasteiger partial charge is 0.506 e. The van der Waals surface area contributed by atoms with Crippen molar-refractivity contribution in [1.29, 1.82) is 0 Å². The van der Waals surface area contributed by atoms with Crippen LogP contribution in [-0.4, -0.2) is 18.1 Å². The van der Waals surface area contributed by atoms with Crippen molar-refractivity contribution < 1.29 is 18.1 Å². The molecule has 0 aliphatic carbocycles. The quantitative estimate of drug-likeness (QED) is 0.604. The molecule has 0 spiro atoms. The summed E-state index contributed by atoms with van der Waals surface area (Å²) in [5.41, 5.74) is 0. The molecule has 6 heteroatoms. The van der Waals surface area contributed by atoms with Gasteiger partial charge in [-0.05, 0) is 34.7 Å². The lowest BCUT2D eigenvalue weighted by Gasteiger charge is -2.01. The van der Waals surface area contributed by atoms with Crippen LogP contribution < -0.4 is 0 Å². The molecule has 0 saturated carbocycles. The molecule has 0 unspecified atom stereocenters. The Balaban J connectivity index is 3.53. The average molecular weight is 300 g/mol. The van der Waals surface area contributed by atoms with E-state index < -0.39 is 20.8 Å². The van der Waals surface area contributed by atoms with Crippen molar-refractivity contribution in [2.24, 2.45) is 0 Å². The summed E-state index contributed by atoms with van der Waals surface area (Å²) < 4.78 is 30.3. The minimum atomic E-state index is -4.32. The highest BCUT2D eigenvalue weighted by Crippen LogP contribution is 2.26. The first kappa shape index (κ1) is 9.75. The van der Waals surface area contributed by atoms with Crippen LogP contribution in [0.5, 0.6) is 5.75 Å². The molecule has 0 aliphatic heterocycles. The Bertz CT molecular complexity index is 378. The number of benzene rings is 1. The van der Waals surface area contributed by atoms with Gasteiger partial charge in [-0.25, -0.2) is 0 Å². The van der Waals surface area contributed by atoms with E-state index in [-0.39, 0.29) is 3.57 Å². The highest BCUT2D eigenvalue weighted by molar-refractivity contribution is 14.1. The minimum Gasteiger partial charge on any atom is -0.506 e. The van der Waals surface area contributed by atoms with Crippen LogP contribution in [-0.2, 0) is 10.1 Å². The summed E-state index contributed by atoms with van der Waals surface area (Å²) in [4.78, 5) is -0.439. The van der Waals surface area contributed by atoms with Gasteiger partial charge in [0.1, 0.15) is 10.6 Å². The Kier molecular flexibility index (Phi) is 2.59. The number of halogens is 1. The molecule has 0 fully saturated rings. The number of hydrogen-bond acceptors (Lipinski definition) is 3. The van der Waals surface area contributed by atoms with E-state index in [1.165, 1.54) is 18.2 Å². The Labute approximate surface area is 83.1 Å². The number of hydrogen-bond donors (Lipinski definition) is 2. The maximum atomic E-state index is 10.7. The molecule has 0 aliphatic rings. The van der Waals surface area contributed by atoms with Gasteiger partial charge < -0.3 is 5.11 Å². The van der Waals surface area contributed by atoms with Crippen LogP contribution in [0.4, 0.5) is 0 Å². The molecule has 12 heavy (non-hydrogen) atoms. The fourth-order valence-electron chi connectivity index (χ4n) is 0.753. The molecule has 0 atom stereocenters. The highest BCUT2D eigenvalue weighted by Gasteiger charge is 2.18. The normalized spacial score (nSPS) is 11.5. The van der Waals surface area contributed by atoms with Crippen LogP contribution in [0.15, 0.2) is 23.1 Å². The van der Waals surface area contributed by atoms with E-state index in [0.717, 1.165) is 0 Å². The van der Waals surface area contributed by atoms with Gasteiger partial charge in [0.2, 0.25) is 0 Å². The first-order chi connectivity index (χ1) is 5.43. The molecule has 0 radical (unpaired) electrons. The summed E-state index contributed by atoms with van der Waals surface area (Å²) in [7, 11) is -4.32. The number of phenols is 1. The molecule has 4 nitrogen and oxygen atoms in total. The molecule has 0 saturated heterocycles. The van der Waals surface area contributed by atoms with E-state index in [1.54, 1.807) is 22.6 Å². The zero-order valence-corrected chi connectivity index (χ0v) is 8.70. The lowest BCUT2D eigenvalue weighted by atomic mass is 10.3. The highest BCUT2D eigenvalue weighted by atomic mass is 127. The first-order valence-electron chi connectivity index (χ1n) is 2.88. The SMILES string of the molecule is O=S(=O)(O)c1c(O)cccc1I. The molecule has 1 aromatic carbocycles. The van der Waals surface area contributed by atoms with Gasteiger partial charge in [-0.1, -0.05) is 6.07 Å². The number of phenolic OH excluding ortho intramolecular Hbond substituents is 1. The van der Waals surface area contributed by atoms with Crippen molar-refractivity contribution in [3.63, 3.8) is 0 Å². The molecule has 0 amide bonds. The first-order valence-corrected chi connectivity index (χ1v) is 5.40. The van der Waals surface area contributed by atoms with Crippen molar-refractivity contribution in [2.75, 3.05) is 0 Å². The van der Waals surface area contributed by atoms with Gasteiger partial charge in [-0.15, -0.1) is 0 Å². The van der Waals surface area contributed by atoms with Crippen molar-refractivity contribution in [3.05, 3.63) is 21.8 Å². The summed E-state index contributed by atoms with van der Waals surface area (Å²) in [6.45, 7) is 0. The van der Waals surface area contributed by atoms with Gasteiger partial charge >= 0.3 is 0 Å². The summed E-state index contributed by atoms with van der Waals surface area (Å²) >= 11 is 1.71. The number of rotatable bonds is 1. The minimum absolute atomic E-state index is 0.287. The summed E-state index contributed by atoms with van der Waals surface area (Å²) in [6, 6.07) is 4.17. The molecule has 2 N–H and O–H groups in total. The van der Waals surface area contributed by atoms with Crippen LogP contribution >= 0.6 is 22.6 Å². The van der Waals surface area contributed by atoms with E-state index in [2.05, 4.69) is 0 Å². The molecule has 1 rings (SSSR count). The lowest BCUT2D eigenvalue weighted by molar-refractivity contribution is 0.442. The summed E-state index contributed by atoms with van der Waals surface area (Å²) in [6.07, 6.45) is 0. The van der Waals surface area contributed by atoms with Crippen LogP contribution in [0.2, 0.25) is 0 Å². The van der Waals surface area contributed by atoms with Crippen molar-refractivity contribution in [2.45, 2.75) is 4.90 Å². The van der Waals surface area contributed by atoms with Crippen LogP contribution in [0.3, 0.4) is 0 Å². The Morgan fingerprint density at radius 1 is 1.33 bits per heavy atom. The van der Waals surface area contributed by atoms with Gasteiger partial charge in [0.15, 0.2) is 0 Å². The number of aromatic hydroxyl groups is 1. The molecular weight excluding hydrogens is 295 g/mol. The zero-order chi connectivity index (χ0) is 9.35. The Morgan fingerprint density at radius 2 is 1.92 bits per heavy atom. The fraction of sp³-hybridized carbons (Fsp3) is 0. The zero-order valence-electron chi connectivity index (χ0n) is 5.73. The summed E-state index contributed by atoms with van der Waals surface area (Å²) in [5, 5.41) is 9.08. The summed E-state index contributed by atoms with van der Waals surface area (Å²) in [5.74, 6) is -0.440. The van der Waals surface area contributed by atoms with Crippen molar-refractivity contribution in [1.82, 2.24) is 0 Å². The van der Waals surface area contributed by atoms with Gasteiger partial charge in [-0.3, -0.25) is 4.55 Å². The third-order valence-corrected chi connectivity index (χ3v) is 3.41. The van der Waals surface area contributed by atoms with E-state index in [0.29, 0.717) is 0 Å². The van der Waals surface area contributed by atoms with Gasteiger partial charge in [0.05, 0.1) is 0 Å². The predicted octanol–water partition coefficient (Wildman–Crippen LogP) is 1.24. The van der Waals surface area contributed by atoms with Crippen LogP contribution in [0.1, 0.15) is 0 Å². The van der Waals surface area contributed by atoms with E-state index in [1.807, 2.05) is 0 Å². The molecule has 0 aromatic heterocycles. The van der Waals surface area contributed by atoms with Crippen LogP contribution in [0.25, 0.3) is 0 Å². The molecule has 0 bridgehead atoms. The smallest absolute Gasteiger partial charge is 0.299 e. The molecule has 0 heterocycles. The maximum Gasteiger partial charge on any atom is 0.299 e. The Morgan fingerprint density at radius 3 is 2.25 bits per heavy atom. The standard InChI is InChI=1S/C6H5IO4S/c7-4-2-1-3-5(8)6(4)12(9,10)11/h1-3,8H,(H,9,10,11). The molecule has 66 valence electrons. The average Bonchev–Trinajstić information content (AvgIpc) is 1.82. The van der Waals surface area contributed by atoms with Crippen molar-refractivity contribution >= 4 is 32.7 Å². The topological polar surface area (TPSA) is 74.6 Å². The monoisotopic (exact) mass is 300 g/mol. The van der Waals surface area contributed by atoms with E-state index in [4.69, 9.17) is 9.66 Å². The third kappa shape index (κ3) is 1.87. The second-order valence-corrected chi connectivity index (χ2v) is 4.58. The van der Waals surface area contributed by atoms with Gasteiger partial charge in [0.25, 0.3) is 10.1 Å². The van der Waals surface area contributed by atoms with Gasteiger partial charge in [-0.2, -0.15) is 8.42 Å². The Hall–Kier alpha value is -0.340. The van der Waals surface area contributed by atoms with Gasteiger partial charge in [0, 0.05) is 3.57 Å². The predicted molar refractivity (Wildman–Crippen MR) is 50.6 cm³/mol.